The van der Waals surface area contributed by atoms with Gasteiger partial charge in [-0.25, -0.2) is 9.78 Å². The Bertz CT molecular complexity index is 509. The first kappa shape index (κ1) is 12.7. The first-order chi connectivity index (χ1) is 9.16. The lowest BCUT2D eigenvalue weighted by atomic mass is 10.1. The van der Waals surface area contributed by atoms with E-state index in [2.05, 4.69) is 9.88 Å². The molecule has 1 aromatic rings. The molecule has 19 heavy (non-hydrogen) atoms. The van der Waals surface area contributed by atoms with Crippen LogP contribution in [0.5, 0.6) is 0 Å². The molecule has 1 aliphatic carbocycles. The van der Waals surface area contributed by atoms with Gasteiger partial charge in [0.05, 0.1) is 18.8 Å². The fourth-order valence-electron chi connectivity index (χ4n) is 3.00. The highest BCUT2D eigenvalue weighted by Gasteiger charge is 2.38. The molecule has 0 radical (unpaired) electrons. The van der Waals surface area contributed by atoms with Crippen LogP contribution in [0.1, 0.15) is 29.6 Å². The number of aromatic carboxylic acids is 1. The molecule has 2 atom stereocenters. The van der Waals surface area contributed by atoms with Gasteiger partial charge in [0.15, 0.2) is 0 Å². The summed E-state index contributed by atoms with van der Waals surface area (Å²) in [5, 5.41) is 9.61. The predicted molar refractivity (Wildman–Crippen MR) is 70.9 cm³/mol. The number of halogens is 1. The molecular weight excluding hydrogens is 268 g/mol. The molecule has 1 saturated carbocycles. The van der Waals surface area contributed by atoms with Crippen molar-refractivity contribution in [3.05, 3.63) is 22.8 Å². The second-order valence-corrected chi connectivity index (χ2v) is 5.30. The van der Waals surface area contributed by atoms with Crippen LogP contribution >= 0.6 is 11.6 Å². The summed E-state index contributed by atoms with van der Waals surface area (Å²) in [6.45, 7) is 1.27. The summed E-state index contributed by atoms with van der Waals surface area (Å²) in [7, 11) is 0. The van der Waals surface area contributed by atoms with Gasteiger partial charge in [-0.05, 0) is 31.4 Å². The SMILES string of the molecule is O=C(O)c1ccc(Cl)nc1N1CCOC2CCCC21. The van der Waals surface area contributed by atoms with Crippen LogP contribution in [-0.4, -0.2) is 41.4 Å². The Labute approximate surface area is 116 Å². The first-order valence-electron chi connectivity index (χ1n) is 6.45. The minimum atomic E-state index is -0.972. The average Bonchev–Trinajstić information content (AvgIpc) is 2.86. The molecule has 0 amide bonds. The number of nitrogens with zero attached hydrogens (tertiary/aromatic N) is 2. The van der Waals surface area contributed by atoms with Crippen LogP contribution in [-0.2, 0) is 4.74 Å². The number of ether oxygens (including phenoxy) is 1. The fourth-order valence-corrected chi connectivity index (χ4v) is 3.14. The van der Waals surface area contributed by atoms with Crippen molar-refractivity contribution in [1.29, 1.82) is 0 Å². The Morgan fingerprint density at radius 1 is 1.47 bits per heavy atom. The Morgan fingerprint density at radius 2 is 2.32 bits per heavy atom. The van der Waals surface area contributed by atoms with Gasteiger partial charge in [-0.3, -0.25) is 0 Å². The number of pyridine rings is 1. The quantitative estimate of drug-likeness (QED) is 0.843. The molecule has 2 aliphatic rings. The fraction of sp³-hybridized carbons (Fsp3) is 0.538. The number of hydrogen-bond donors (Lipinski definition) is 1. The molecule has 1 saturated heterocycles. The van der Waals surface area contributed by atoms with E-state index in [0.29, 0.717) is 24.1 Å². The number of carboxylic acid groups (broad SMARTS) is 1. The molecule has 1 N–H and O–H groups in total. The standard InChI is InChI=1S/C13H15ClN2O3/c14-11-5-4-8(13(17)18)12(15-11)16-6-7-19-10-3-1-2-9(10)16/h4-5,9-10H,1-3,6-7H2,(H,17,18). The molecule has 3 rings (SSSR count). The van der Waals surface area contributed by atoms with Crippen LogP contribution < -0.4 is 4.90 Å². The van der Waals surface area contributed by atoms with Crippen LogP contribution in [0, 0.1) is 0 Å². The maximum Gasteiger partial charge on any atom is 0.339 e. The molecule has 1 aromatic heterocycles. The Hall–Kier alpha value is -1.33. The number of aromatic nitrogens is 1. The number of anilines is 1. The van der Waals surface area contributed by atoms with Crippen LogP contribution in [0.2, 0.25) is 5.15 Å². The molecule has 5 nitrogen and oxygen atoms in total. The second kappa shape index (κ2) is 4.98. The van der Waals surface area contributed by atoms with E-state index >= 15 is 0 Å². The van der Waals surface area contributed by atoms with E-state index in [-0.39, 0.29) is 17.7 Å². The number of carbonyl (C=O) groups is 1. The van der Waals surface area contributed by atoms with Crippen LogP contribution in [0.15, 0.2) is 12.1 Å². The summed E-state index contributed by atoms with van der Waals surface area (Å²) in [5.41, 5.74) is 0.206. The van der Waals surface area contributed by atoms with Gasteiger partial charge in [-0.2, -0.15) is 0 Å². The van der Waals surface area contributed by atoms with Gasteiger partial charge >= 0.3 is 5.97 Å². The van der Waals surface area contributed by atoms with Gasteiger partial charge in [-0.1, -0.05) is 11.6 Å². The lowest BCUT2D eigenvalue weighted by Gasteiger charge is -2.39. The summed E-state index contributed by atoms with van der Waals surface area (Å²) < 4.78 is 5.73. The van der Waals surface area contributed by atoms with E-state index in [1.165, 1.54) is 12.1 Å². The molecule has 2 fully saturated rings. The highest BCUT2D eigenvalue weighted by atomic mass is 35.5. The van der Waals surface area contributed by atoms with Gasteiger partial charge in [0.2, 0.25) is 0 Å². The summed E-state index contributed by atoms with van der Waals surface area (Å²) in [6.07, 6.45) is 3.34. The summed E-state index contributed by atoms with van der Waals surface area (Å²) >= 11 is 5.92. The number of carboxylic acids is 1. The second-order valence-electron chi connectivity index (χ2n) is 4.91. The topological polar surface area (TPSA) is 62.7 Å². The zero-order chi connectivity index (χ0) is 13.4. The van der Waals surface area contributed by atoms with Crippen molar-refractivity contribution in [3.8, 4) is 0 Å². The number of fused-ring (bicyclic) bond motifs is 1. The van der Waals surface area contributed by atoms with E-state index in [4.69, 9.17) is 16.3 Å². The monoisotopic (exact) mass is 282 g/mol. The molecule has 2 unspecified atom stereocenters. The summed E-state index contributed by atoms with van der Waals surface area (Å²) in [6, 6.07) is 3.26. The van der Waals surface area contributed by atoms with Gasteiger partial charge < -0.3 is 14.7 Å². The van der Waals surface area contributed by atoms with Crippen LogP contribution in [0.4, 0.5) is 5.82 Å². The lowest BCUT2D eigenvalue weighted by molar-refractivity contribution is 0.0251. The molecule has 1 aliphatic heterocycles. The largest absolute Gasteiger partial charge is 0.478 e. The van der Waals surface area contributed by atoms with Crippen LogP contribution in [0.25, 0.3) is 0 Å². The summed E-state index contributed by atoms with van der Waals surface area (Å²) in [5.74, 6) is -0.500. The van der Waals surface area contributed by atoms with E-state index in [1.54, 1.807) is 0 Å². The van der Waals surface area contributed by atoms with Crippen molar-refractivity contribution in [2.24, 2.45) is 0 Å². The predicted octanol–water partition coefficient (Wildman–Crippen LogP) is 2.19. The first-order valence-corrected chi connectivity index (χ1v) is 6.82. The van der Waals surface area contributed by atoms with Gasteiger partial charge in [0, 0.05) is 6.54 Å². The summed E-state index contributed by atoms with van der Waals surface area (Å²) in [4.78, 5) is 17.6. The Morgan fingerprint density at radius 3 is 3.11 bits per heavy atom. The zero-order valence-electron chi connectivity index (χ0n) is 10.4. The maximum atomic E-state index is 11.3. The smallest absolute Gasteiger partial charge is 0.339 e. The molecule has 2 heterocycles. The molecule has 0 aromatic carbocycles. The van der Waals surface area contributed by atoms with Gasteiger partial charge in [0.25, 0.3) is 0 Å². The molecule has 102 valence electrons. The number of rotatable bonds is 2. The third-order valence-electron chi connectivity index (χ3n) is 3.83. The van der Waals surface area contributed by atoms with Crippen LogP contribution in [0.3, 0.4) is 0 Å². The Balaban J connectivity index is 2.00. The minimum Gasteiger partial charge on any atom is -0.478 e. The zero-order valence-corrected chi connectivity index (χ0v) is 11.1. The van der Waals surface area contributed by atoms with Gasteiger partial charge in [0.1, 0.15) is 16.5 Å². The molecule has 6 heteroatoms. The third-order valence-corrected chi connectivity index (χ3v) is 4.04. The Kier molecular flexibility index (Phi) is 3.33. The van der Waals surface area contributed by atoms with Crippen molar-refractivity contribution in [1.82, 2.24) is 4.98 Å². The van der Waals surface area contributed by atoms with Crippen molar-refractivity contribution < 1.29 is 14.6 Å². The van der Waals surface area contributed by atoms with E-state index in [1.807, 2.05) is 0 Å². The molecule has 0 spiro atoms. The van der Waals surface area contributed by atoms with Crippen molar-refractivity contribution in [3.63, 3.8) is 0 Å². The highest BCUT2D eigenvalue weighted by Crippen LogP contribution is 2.34. The highest BCUT2D eigenvalue weighted by molar-refractivity contribution is 6.29. The third kappa shape index (κ3) is 2.28. The van der Waals surface area contributed by atoms with E-state index in [9.17, 15) is 9.90 Å². The van der Waals surface area contributed by atoms with Crippen molar-refractivity contribution in [2.45, 2.75) is 31.4 Å². The van der Waals surface area contributed by atoms with E-state index < -0.39 is 5.97 Å². The number of hydrogen-bond acceptors (Lipinski definition) is 4. The van der Waals surface area contributed by atoms with Crippen molar-refractivity contribution >= 4 is 23.4 Å². The molecule has 0 bridgehead atoms. The molecular formula is C13H15ClN2O3. The lowest BCUT2D eigenvalue weighted by Crippen LogP contribution is -2.49. The average molecular weight is 283 g/mol. The minimum absolute atomic E-state index is 0.191. The van der Waals surface area contributed by atoms with Crippen molar-refractivity contribution in [2.75, 3.05) is 18.1 Å². The number of morpholine rings is 1. The normalized spacial score (nSPS) is 26.3. The van der Waals surface area contributed by atoms with Gasteiger partial charge in [-0.15, -0.1) is 0 Å². The van der Waals surface area contributed by atoms with E-state index in [0.717, 1.165) is 19.3 Å². The maximum absolute atomic E-state index is 11.3.